The van der Waals surface area contributed by atoms with Gasteiger partial charge in [0.2, 0.25) is 0 Å². The first-order chi connectivity index (χ1) is 21.9. The monoisotopic (exact) mass is 691 g/mol. The number of halogens is 5. The van der Waals surface area contributed by atoms with E-state index in [1.165, 1.54) is 30.3 Å². The van der Waals surface area contributed by atoms with Crippen molar-refractivity contribution in [2.75, 3.05) is 27.2 Å². The number of carboxylic acids is 1. The number of rotatable bonds is 10. The maximum absolute atomic E-state index is 14.2. The molecule has 12 heteroatoms. The predicted molar refractivity (Wildman–Crippen MR) is 176 cm³/mol. The lowest BCUT2D eigenvalue weighted by Crippen LogP contribution is -2.70. The predicted octanol–water partition coefficient (Wildman–Crippen LogP) is 7.85. The third kappa shape index (κ3) is 6.82. The fourth-order valence-corrected chi connectivity index (χ4v) is 8.27. The third-order valence-electron chi connectivity index (χ3n) is 9.96. The van der Waals surface area contributed by atoms with E-state index in [4.69, 9.17) is 16.3 Å². The molecule has 0 unspecified atom stereocenters. The van der Waals surface area contributed by atoms with Crippen molar-refractivity contribution < 1.29 is 32.6 Å². The summed E-state index contributed by atoms with van der Waals surface area (Å²) in [6.07, 6.45) is 0.228. The lowest BCUT2D eigenvalue weighted by Gasteiger charge is -2.59. The van der Waals surface area contributed by atoms with Crippen LogP contribution in [0.25, 0.3) is 22.4 Å². The smallest absolute Gasteiger partial charge is 0.417 e. The first-order valence-corrected chi connectivity index (χ1v) is 16.1. The van der Waals surface area contributed by atoms with Gasteiger partial charge in [-0.25, -0.2) is 9.78 Å². The van der Waals surface area contributed by atoms with Crippen molar-refractivity contribution in [3.63, 3.8) is 0 Å². The Hall–Kier alpha value is -3.34. The summed E-state index contributed by atoms with van der Waals surface area (Å²) in [6, 6.07) is 12.8. The highest BCUT2D eigenvalue weighted by molar-refractivity contribution is 6.32. The van der Waals surface area contributed by atoms with Crippen molar-refractivity contribution in [1.82, 2.24) is 15.2 Å². The van der Waals surface area contributed by atoms with E-state index in [0.29, 0.717) is 34.8 Å². The van der Waals surface area contributed by atoms with Crippen LogP contribution in [0.15, 0.2) is 54.6 Å². The summed E-state index contributed by atoms with van der Waals surface area (Å²) >= 11 is 6.44. The van der Waals surface area contributed by atoms with E-state index in [9.17, 15) is 27.9 Å². The Bertz CT molecular complexity index is 1620. The summed E-state index contributed by atoms with van der Waals surface area (Å²) in [6.45, 7) is 1.15. The van der Waals surface area contributed by atoms with Crippen molar-refractivity contribution in [1.29, 1.82) is 0 Å². The molecule has 0 saturated heterocycles. The summed E-state index contributed by atoms with van der Waals surface area (Å²) in [4.78, 5) is 33.4. The van der Waals surface area contributed by atoms with Gasteiger partial charge < -0.3 is 20.1 Å². The third-order valence-corrected chi connectivity index (χ3v) is 10.3. The van der Waals surface area contributed by atoms with Gasteiger partial charge in [-0.3, -0.25) is 4.79 Å². The summed E-state index contributed by atoms with van der Waals surface area (Å²) in [7, 11) is 3.90. The van der Waals surface area contributed by atoms with Gasteiger partial charge in [-0.05, 0) is 112 Å². The van der Waals surface area contributed by atoms with Gasteiger partial charge in [0, 0.05) is 17.7 Å². The summed E-state index contributed by atoms with van der Waals surface area (Å²) in [5.74, 6) is -0.761. The minimum atomic E-state index is -4.64. The van der Waals surface area contributed by atoms with Crippen LogP contribution in [-0.4, -0.2) is 59.7 Å². The molecule has 252 valence electrons. The highest BCUT2D eigenvalue weighted by Crippen LogP contribution is 2.58. The standard InChI is InChI=1S/C35H37ClF3N3O4.ClH/c1-42(2)12-5-13-46-30-19-22(8-10-28(30)36)31-26(25-6-3-4-7-27(25)35(37,38)39)9-11-29(40-31)32(43)41-34(33(44)45)23-15-20-14-21(17-23)18-24(34)16-20;/h3-4,6-11,19-21,23-24H,5,12-18H2,1-2H3,(H,41,43)(H,44,45);1H. The van der Waals surface area contributed by atoms with Gasteiger partial charge in [-0.15, -0.1) is 12.4 Å². The van der Waals surface area contributed by atoms with Crippen LogP contribution in [0.2, 0.25) is 5.02 Å². The van der Waals surface area contributed by atoms with Crippen LogP contribution in [0.5, 0.6) is 5.75 Å². The first-order valence-electron chi connectivity index (χ1n) is 15.7. The number of aliphatic carboxylic acids is 1. The van der Waals surface area contributed by atoms with E-state index in [-0.39, 0.29) is 46.8 Å². The van der Waals surface area contributed by atoms with Crippen LogP contribution >= 0.6 is 24.0 Å². The largest absolute Gasteiger partial charge is 0.492 e. The Morgan fingerprint density at radius 2 is 1.66 bits per heavy atom. The zero-order chi connectivity index (χ0) is 32.8. The average Bonchev–Trinajstić information content (AvgIpc) is 3.00. The molecule has 7 nitrogen and oxygen atoms in total. The number of nitrogens with one attached hydrogen (secondary N) is 1. The number of nitrogens with zero attached hydrogens (tertiary/aromatic N) is 2. The molecule has 0 radical (unpaired) electrons. The number of benzene rings is 2. The molecule has 4 bridgehead atoms. The van der Waals surface area contributed by atoms with Gasteiger partial charge in [0.1, 0.15) is 17.0 Å². The minimum absolute atomic E-state index is 0. The van der Waals surface area contributed by atoms with Crippen LogP contribution in [0.3, 0.4) is 0 Å². The number of carbonyl (C=O) groups is 2. The number of hydrogen-bond acceptors (Lipinski definition) is 5. The SMILES string of the molecule is CN(C)CCCOc1cc(-c2nc(C(=O)NC3(C(=O)O)C4CC5CC(C4)CC3C5)ccc2-c2ccccc2C(F)(F)F)ccc1Cl.Cl. The maximum Gasteiger partial charge on any atom is 0.417 e. The van der Waals surface area contributed by atoms with Crippen molar-refractivity contribution >= 4 is 35.9 Å². The summed E-state index contributed by atoms with van der Waals surface area (Å²) < 4.78 is 48.4. The number of aromatic nitrogens is 1. The normalized spacial score (nSPS) is 24.6. The second kappa shape index (κ2) is 13.6. The molecule has 1 aromatic heterocycles. The molecule has 3 aromatic rings. The van der Waals surface area contributed by atoms with Crippen molar-refractivity contribution in [3.05, 3.63) is 70.9 Å². The topological polar surface area (TPSA) is 91.8 Å². The number of carbonyl (C=O) groups excluding carboxylic acids is 1. The summed E-state index contributed by atoms with van der Waals surface area (Å²) in [5.41, 5.74) is -1.75. The second-order valence-corrected chi connectivity index (χ2v) is 13.6. The lowest BCUT2D eigenvalue weighted by atomic mass is 9.48. The van der Waals surface area contributed by atoms with Crippen LogP contribution in [-0.2, 0) is 11.0 Å². The number of hydrogen-bond donors (Lipinski definition) is 2. The molecule has 1 heterocycles. The number of pyridine rings is 1. The van der Waals surface area contributed by atoms with Crippen molar-refractivity contribution in [2.24, 2.45) is 23.7 Å². The molecule has 7 rings (SSSR count). The van der Waals surface area contributed by atoms with Gasteiger partial charge in [0.15, 0.2) is 0 Å². The van der Waals surface area contributed by atoms with E-state index in [0.717, 1.165) is 51.1 Å². The second-order valence-electron chi connectivity index (χ2n) is 13.2. The van der Waals surface area contributed by atoms with Gasteiger partial charge in [-0.2, -0.15) is 13.2 Å². The van der Waals surface area contributed by atoms with Gasteiger partial charge in [0.25, 0.3) is 5.91 Å². The van der Waals surface area contributed by atoms with E-state index >= 15 is 0 Å². The van der Waals surface area contributed by atoms with Gasteiger partial charge in [0.05, 0.1) is 22.9 Å². The molecule has 47 heavy (non-hydrogen) atoms. The van der Waals surface area contributed by atoms with E-state index in [1.807, 2.05) is 19.0 Å². The quantitative estimate of drug-likeness (QED) is 0.211. The number of alkyl halides is 3. The molecule has 4 aliphatic carbocycles. The lowest BCUT2D eigenvalue weighted by molar-refractivity contribution is -0.163. The molecule has 1 amide bonds. The first kappa shape index (κ1) is 35.0. The van der Waals surface area contributed by atoms with Crippen LogP contribution in [0.1, 0.15) is 54.6 Å². The fraction of sp³-hybridized carbons (Fsp3) is 0.457. The molecule has 4 saturated carbocycles. The molecule has 2 N–H and O–H groups in total. The Kier molecular flexibility index (Phi) is 10.2. The highest BCUT2D eigenvalue weighted by atomic mass is 35.5. The molecular formula is C35H38Cl2F3N3O4. The van der Waals surface area contributed by atoms with E-state index in [1.54, 1.807) is 18.2 Å². The van der Waals surface area contributed by atoms with Gasteiger partial charge >= 0.3 is 12.1 Å². The average molecular weight is 693 g/mol. The fourth-order valence-electron chi connectivity index (χ4n) is 8.10. The van der Waals surface area contributed by atoms with Crippen LogP contribution in [0, 0.1) is 23.7 Å². The molecule has 0 spiro atoms. The Morgan fingerprint density at radius 1 is 1.00 bits per heavy atom. The molecule has 2 aromatic carbocycles. The Labute approximate surface area is 283 Å². The number of ether oxygens (including phenoxy) is 1. The highest BCUT2D eigenvalue weighted by Gasteiger charge is 2.62. The molecule has 4 fully saturated rings. The molecule has 0 atom stereocenters. The van der Waals surface area contributed by atoms with Crippen molar-refractivity contribution in [2.45, 2.75) is 50.2 Å². The zero-order valence-electron chi connectivity index (χ0n) is 26.1. The summed E-state index contributed by atoms with van der Waals surface area (Å²) in [5, 5.41) is 13.8. The van der Waals surface area contributed by atoms with Crippen molar-refractivity contribution in [3.8, 4) is 28.1 Å². The number of carboxylic acid groups (broad SMARTS) is 1. The zero-order valence-corrected chi connectivity index (χ0v) is 27.7. The van der Waals surface area contributed by atoms with E-state index in [2.05, 4.69) is 10.3 Å². The molecule has 4 aliphatic rings. The minimum Gasteiger partial charge on any atom is -0.492 e. The van der Waals surface area contributed by atoms with Crippen LogP contribution in [0.4, 0.5) is 13.2 Å². The van der Waals surface area contributed by atoms with Crippen LogP contribution < -0.4 is 10.1 Å². The van der Waals surface area contributed by atoms with Gasteiger partial charge in [-0.1, -0.05) is 35.9 Å². The molecule has 0 aliphatic heterocycles. The maximum atomic E-state index is 14.2. The number of amides is 1. The Morgan fingerprint density at radius 3 is 2.28 bits per heavy atom. The van der Waals surface area contributed by atoms with E-state index < -0.39 is 29.2 Å². The Balaban J connectivity index is 0.00000433. The molecular weight excluding hydrogens is 654 g/mol.